The highest BCUT2D eigenvalue weighted by atomic mass is 79.9. The molecule has 0 radical (unpaired) electrons. The average molecular weight is 629 g/mol. The Hall–Kier alpha value is -1.98. The molecule has 5 heterocycles. The molecular weight excluding hydrogens is 596 g/mol. The van der Waals surface area contributed by atoms with Crippen molar-refractivity contribution in [1.82, 2.24) is 19.8 Å². The van der Waals surface area contributed by atoms with E-state index in [0.29, 0.717) is 37.3 Å². The number of hydrogen-bond donors (Lipinski definition) is 0. The monoisotopic (exact) mass is 627 g/mol. The van der Waals surface area contributed by atoms with Crippen molar-refractivity contribution >= 4 is 50.3 Å². The summed E-state index contributed by atoms with van der Waals surface area (Å²) < 4.78 is 41.7. The number of amides is 1. The molecule has 212 valence electrons. The summed E-state index contributed by atoms with van der Waals surface area (Å²) in [6, 6.07) is 1.59. The van der Waals surface area contributed by atoms with Crippen LogP contribution in [0.4, 0.5) is 19.4 Å². The van der Waals surface area contributed by atoms with Crippen LogP contribution in [0.1, 0.15) is 52.9 Å². The summed E-state index contributed by atoms with van der Waals surface area (Å²) in [4.78, 5) is 28.2. The van der Waals surface area contributed by atoms with Crippen molar-refractivity contribution in [2.24, 2.45) is 0 Å². The molecule has 4 fully saturated rings. The third-order valence-electron chi connectivity index (χ3n) is 8.40. The molecule has 1 aromatic heterocycles. The molecule has 1 aromatic carbocycles. The Balaban J connectivity index is 1.32. The van der Waals surface area contributed by atoms with Gasteiger partial charge in [-0.15, -0.1) is 0 Å². The molecule has 4 saturated heterocycles. The number of benzene rings is 1. The van der Waals surface area contributed by atoms with Gasteiger partial charge >= 0.3 is 12.1 Å². The van der Waals surface area contributed by atoms with Crippen molar-refractivity contribution in [3.63, 3.8) is 0 Å². The number of rotatable bonds is 4. The van der Waals surface area contributed by atoms with Gasteiger partial charge in [-0.3, -0.25) is 9.80 Å². The lowest BCUT2D eigenvalue weighted by molar-refractivity contribution is 0.0122. The van der Waals surface area contributed by atoms with Crippen molar-refractivity contribution in [3.8, 4) is 6.01 Å². The molecule has 1 amide bonds. The van der Waals surface area contributed by atoms with Crippen LogP contribution in [0.25, 0.3) is 10.9 Å². The van der Waals surface area contributed by atoms with Gasteiger partial charge in [-0.25, -0.2) is 13.6 Å². The van der Waals surface area contributed by atoms with Crippen molar-refractivity contribution in [2.45, 2.75) is 82.3 Å². The van der Waals surface area contributed by atoms with E-state index in [9.17, 15) is 9.18 Å². The number of piperazine rings is 1. The molecule has 0 aliphatic carbocycles. The zero-order valence-electron chi connectivity index (χ0n) is 22.4. The average Bonchev–Trinajstić information content (AvgIpc) is 3.47. The third kappa shape index (κ3) is 4.92. The number of fused-ring (bicyclic) bond motifs is 4. The van der Waals surface area contributed by atoms with Gasteiger partial charge in [-0.2, -0.15) is 9.97 Å². The largest absolute Gasteiger partial charge is 0.461 e. The first kappa shape index (κ1) is 27.2. The fourth-order valence-electron chi connectivity index (χ4n) is 6.78. The van der Waals surface area contributed by atoms with Crippen LogP contribution in [0.15, 0.2) is 10.5 Å². The van der Waals surface area contributed by atoms with Crippen molar-refractivity contribution in [2.75, 3.05) is 37.7 Å². The first-order valence-electron chi connectivity index (χ1n) is 13.6. The SMILES string of the molecule is CC(C)(C)OC(=O)N1[C@@H]2CC[C@H]1CN(c1nc(OC[C@@]34CCCN3C[C@H](F)C4)nc3c(F)c(Br)c(Cl)cc13)C2. The van der Waals surface area contributed by atoms with E-state index in [1.54, 1.807) is 6.07 Å². The van der Waals surface area contributed by atoms with Gasteiger partial charge in [-0.1, -0.05) is 11.6 Å². The fourth-order valence-corrected chi connectivity index (χ4v) is 7.27. The summed E-state index contributed by atoms with van der Waals surface area (Å²) in [5.74, 6) is -0.0775. The van der Waals surface area contributed by atoms with Gasteiger partial charge in [0, 0.05) is 31.4 Å². The second kappa shape index (κ2) is 9.83. The topological polar surface area (TPSA) is 71.0 Å². The highest BCUT2D eigenvalue weighted by Gasteiger charge is 2.50. The number of hydrogen-bond acceptors (Lipinski definition) is 7. The third-order valence-corrected chi connectivity index (χ3v) is 9.70. The number of carbonyl (C=O) groups is 1. The van der Waals surface area contributed by atoms with Crippen LogP contribution in [0.3, 0.4) is 0 Å². The number of aromatic nitrogens is 2. The zero-order valence-corrected chi connectivity index (χ0v) is 24.7. The first-order valence-corrected chi connectivity index (χ1v) is 14.7. The first-order chi connectivity index (χ1) is 18.4. The van der Waals surface area contributed by atoms with E-state index in [1.807, 2.05) is 25.7 Å². The molecule has 4 aliphatic rings. The predicted molar refractivity (Wildman–Crippen MR) is 148 cm³/mol. The molecule has 8 nitrogen and oxygen atoms in total. The second-order valence-corrected chi connectivity index (χ2v) is 13.5. The predicted octanol–water partition coefficient (Wildman–Crippen LogP) is 5.73. The van der Waals surface area contributed by atoms with Crippen molar-refractivity contribution < 1.29 is 23.0 Å². The molecule has 6 rings (SSSR count). The Labute approximate surface area is 240 Å². The quantitative estimate of drug-likeness (QED) is 0.401. The Kier molecular flexibility index (Phi) is 6.86. The van der Waals surface area contributed by atoms with Crippen LogP contribution in [0, 0.1) is 5.82 Å². The molecule has 2 bridgehead atoms. The van der Waals surface area contributed by atoms with E-state index in [4.69, 9.17) is 26.1 Å². The molecule has 2 aromatic rings. The number of anilines is 1. The van der Waals surface area contributed by atoms with Gasteiger partial charge < -0.3 is 14.4 Å². The molecule has 39 heavy (non-hydrogen) atoms. The Morgan fingerprint density at radius 3 is 2.64 bits per heavy atom. The smallest absolute Gasteiger partial charge is 0.410 e. The second-order valence-electron chi connectivity index (χ2n) is 12.3. The van der Waals surface area contributed by atoms with Gasteiger partial charge in [0.15, 0.2) is 5.82 Å². The summed E-state index contributed by atoms with van der Waals surface area (Å²) in [7, 11) is 0. The number of halogens is 4. The molecule has 4 aliphatic heterocycles. The maximum atomic E-state index is 15.5. The van der Waals surface area contributed by atoms with Gasteiger partial charge in [0.1, 0.15) is 29.7 Å². The summed E-state index contributed by atoms with van der Waals surface area (Å²) in [5, 5.41) is 0.692. The Morgan fingerprint density at radius 2 is 1.95 bits per heavy atom. The Morgan fingerprint density at radius 1 is 1.23 bits per heavy atom. The summed E-state index contributed by atoms with van der Waals surface area (Å²) in [6.45, 7) is 8.10. The lowest BCUT2D eigenvalue weighted by atomic mass is 9.95. The van der Waals surface area contributed by atoms with Gasteiger partial charge in [0.25, 0.3) is 0 Å². The van der Waals surface area contributed by atoms with Crippen LogP contribution in [0.2, 0.25) is 5.02 Å². The van der Waals surface area contributed by atoms with E-state index in [1.165, 1.54) is 0 Å². The summed E-state index contributed by atoms with van der Waals surface area (Å²) in [5.41, 5.74) is -0.862. The van der Waals surface area contributed by atoms with Crippen LogP contribution in [0.5, 0.6) is 6.01 Å². The highest BCUT2D eigenvalue weighted by Crippen LogP contribution is 2.42. The zero-order chi connectivity index (χ0) is 27.7. The minimum absolute atomic E-state index is 0.0519. The van der Waals surface area contributed by atoms with Gasteiger partial charge in [-0.05, 0) is 75.0 Å². The Bertz CT molecular complexity index is 1300. The maximum Gasteiger partial charge on any atom is 0.410 e. The van der Waals surface area contributed by atoms with E-state index in [-0.39, 0.29) is 51.3 Å². The van der Waals surface area contributed by atoms with E-state index < -0.39 is 17.6 Å². The van der Waals surface area contributed by atoms with E-state index in [0.717, 1.165) is 32.2 Å². The number of carbonyl (C=O) groups excluding carboxylic acids is 1. The van der Waals surface area contributed by atoms with Gasteiger partial charge in [0.05, 0.1) is 27.1 Å². The van der Waals surface area contributed by atoms with E-state index in [2.05, 4.69) is 30.7 Å². The van der Waals surface area contributed by atoms with E-state index >= 15 is 4.39 Å². The standard InChI is InChI=1S/C27H33BrClF2N5O3/c1-26(2,3)39-25(37)36-16-5-6-17(36)13-34(12-16)23-18-9-19(29)20(28)21(31)22(18)32-24(33-23)38-14-27-7-4-8-35(27)11-15(30)10-27/h9,15-17H,4-8,10-14H2,1-3H3/t15-,16-,17+,27+/m1/s1. The fraction of sp³-hybridized carbons (Fsp3) is 0.667. The van der Waals surface area contributed by atoms with Gasteiger partial charge in [0.2, 0.25) is 0 Å². The number of alkyl halides is 1. The summed E-state index contributed by atoms with van der Waals surface area (Å²) in [6.07, 6.45) is 2.75. The molecule has 0 saturated carbocycles. The number of nitrogens with zero attached hydrogens (tertiary/aromatic N) is 5. The molecule has 12 heteroatoms. The lowest BCUT2D eigenvalue weighted by Gasteiger charge is -2.42. The molecule has 0 N–H and O–H groups in total. The normalized spacial score (nSPS) is 28.8. The number of ether oxygens (including phenoxy) is 2. The molecule has 4 atom stereocenters. The van der Waals surface area contributed by atoms with Crippen LogP contribution >= 0.6 is 27.5 Å². The molecule has 0 unspecified atom stereocenters. The van der Waals surface area contributed by atoms with Crippen LogP contribution in [-0.4, -0.2) is 88.0 Å². The highest BCUT2D eigenvalue weighted by molar-refractivity contribution is 9.10. The minimum atomic E-state index is -0.880. The van der Waals surface area contributed by atoms with Crippen LogP contribution in [-0.2, 0) is 4.74 Å². The maximum absolute atomic E-state index is 15.5. The molecule has 0 spiro atoms. The van der Waals surface area contributed by atoms with Crippen LogP contribution < -0.4 is 9.64 Å². The lowest BCUT2D eigenvalue weighted by Crippen LogP contribution is -2.57. The minimum Gasteiger partial charge on any atom is -0.461 e. The molecular formula is C27H33BrClF2N5O3. The van der Waals surface area contributed by atoms with Crippen molar-refractivity contribution in [1.29, 1.82) is 0 Å². The van der Waals surface area contributed by atoms with Crippen molar-refractivity contribution in [3.05, 3.63) is 21.4 Å². The summed E-state index contributed by atoms with van der Waals surface area (Å²) >= 11 is 9.59.